The smallest absolute Gasteiger partial charge is 0.0403 e. The van der Waals surface area contributed by atoms with E-state index in [-0.39, 0.29) is 0 Å². The second-order valence-corrected chi connectivity index (χ2v) is 5.60. The summed E-state index contributed by atoms with van der Waals surface area (Å²) in [5, 5.41) is 4.78. The van der Waals surface area contributed by atoms with Gasteiger partial charge in [-0.15, -0.1) is 11.8 Å². The fourth-order valence-corrected chi connectivity index (χ4v) is 2.98. The maximum Gasteiger partial charge on any atom is 0.0403 e. The van der Waals surface area contributed by atoms with Crippen molar-refractivity contribution in [3.63, 3.8) is 0 Å². The Labute approximate surface area is 132 Å². The zero-order valence-corrected chi connectivity index (χ0v) is 13.5. The molecule has 0 aliphatic heterocycles. The fraction of sp³-hybridized carbons (Fsp3) is 0.182. The third-order valence-corrected chi connectivity index (χ3v) is 3.93. The molecule has 0 nitrogen and oxygen atoms in total. The van der Waals surface area contributed by atoms with Gasteiger partial charge < -0.3 is 0 Å². The van der Waals surface area contributed by atoms with Crippen molar-refractivity contribution in [3.8, 4) is 23.7 Å². The first kappa shape index (κ1) is 14.2. The minimum Gasteiger partial charge on any atom is -0.101 e. The molecule has 0 aromatic heterocycles. The summed E-state index contributed by atoms with van der Waals surface area (Å²) in [4.78, 5) is 0. The lowest BCUT2D eigenvalue weighted by Crippen LogP contribution is -1.91. The summed E-state index contributed by atoms with van der Waals surface area (Å²) in [6.45, 7) is 8.02. The van der Waals surface area contributed by atoms with Crippen molar-refractivity contribution >= 4 is 21.5 Å². The highest BCUT2D eigenvalue weighted by Gasteiger charge is 2.12. The number of benzene rings is 3. The molecule has 0 aliphatic rings. The zero-order chi connectivity index (χ0) is 15.7. The van der Waals surface area contributed by atoms with Crippen LogP contribution in [0.5, 0.6) is 0 Å². The van der Waals surface area contributed by atoms with Crippen molar-refractivity contribution in [2.24, 2.45) is 0 Å². The molecule has 3 rings (SSSR count). The topological polar surface area (TPSA) is 0 Å². The number of aryl methyl sites for hydroxylation is 2. The van der Waals surface area contributed by atoms with Gasteiger partial charge in [0.2, 0.25) is 0 Å². The van der Waals surface area contributed by atoms with E-state index >= 15 is 0 Å². The Bertz CT molecular complexity index is 927. The van der Waals surface area contributed by atoms with E-state index in [2.05, 4.69) is 73.9 Å². The van der Waals surface area contributed by atoms with Crippen molar-refractivity contribution in [2.45, 2.75) is 27.7 Å². The summed E-state index contributed by atoms with van der Waals surface area (Å²) < 4.78 is 0. The Balaban J connectivity index is 2.67. The van der Waals surface area contributed by atoms with Gasteiger partial charge >= 0.3 is 0 Å². The van der Waals surface area contributed by atoms with Crippen LogP contribution >= 0.6 is 0 Å². The van der Waals surface area contributed by atoms with Crippen LogP contribution in [0.15, 0.2) is 36.4 Å². The minimum atomic E-state index is 1.11. The minimum absolute atomic E-state index is 1.11. The Hall–Kier alpha value is -2.70. The lowest BCUT2D eigenvalue weighted by Gasteiger charge is -2.12. The normalized spacial score (nSPS) is 10.0. The van der Waals surface area contributed by atoms with Crippen LogP contribution in [0.2, 0.25) is 0 Å². The van der Waals surface area contributed by atoms with Gasteiger partial charge in [0.1, 0.15) is 0 Å². The quantitative estimate of drug-likeness (QED) is 0.385. The standard InChI is InChI=1S/C22H18/c1-5-7-17-19-11-9-16(4)14-22(19)18(8-6-2)20-12-10-15(3)13-21(17)20/h9-14H,1-4H3. The van der Waals surface area contributed by atoms with Gasteiger partial charge in [-0.25, -0.2) is 0 Å². The molecule has 0 radical (unpaired) electrons. The van der Waals surface area contributed by atoms with Gasteiger partial charge in [-0.3, -0.25) is 0 Å². The summed E-state index contributed by atoms with van der Waals surface area (Å²) in [7, 11) is 0. The van der Waals surface area contributed by atoms with Crippen LogP contribution in [0.4, 0.5) is 0 Å². The maximum absolute atomic E-state index is 3.31. The molecule has 0 saturated carbocycles. The highest BCUT2D eigenvalue weighted by atomic mass is 14.1. The van der Waals surface area contributed by atoms with Crippen molar-refractivity contribution in [2.75, 3.05) is 0 Å². The van der Waals surface area contributed by atoms with E-state index in [1.165, 1.54) is 32.7 Å². The van der Waals surface area contributed by atoms with Gasteiger partial charge in [-0.05, 0) is 49.2 Å². The molecule has 3 aromatic rings. The van der Waals surface area contributed by atoms with Gasteiger partial charge in [-0.2, -0.15) is 0 Å². The Morgan fingerprint density at radius 3 is 1.36 bits per heavy atom. The van der Waals surface area contributed by atoms with E-state index < -0.39 is 0 Å². The summed E-state index contributed by atoms with van der Waals surface area (Å²) >= 11 is 0. The fourth-order valence-electron chi connectivity index (χ4n) is 2.98. The zero-order valence-electron chi connectivity index (χ0n) is 13.5. The first-order valence-electron chi connectivity index (χ1n) is 7.48. The molecule has 3 aromatic carbocycles. The predicted molar refractivity (Wildman–Crippen MR) is 96.0 cm³/mol. The van der Waals surface area contributed by atoms with Crippen molar-refractivity contribution < 1.29 is 0 Å². The molecule has 0 heteroatoms. The third kappa shape index (κ3) is 2.24. The average molecular weight is 282 g/mol. The van der Waals surface area contributed by atoms with Crippen LogP contribution in [0.3, 0.4) is 0 Å². The van der Waals surface area contributed by atoms with E-state index in [0.29, 0.717) is 0 Å². The second kappa shape index (κ2) is 5.59. The SMILES string of the molecule is CC#Cc1c2ccc(C)cc2c(C#CC)c2ccc(C)cc12. The van der Waals surface area contributed by atoms with Crippen LogP contribution < -0.4 is 0 Å². The second-order valence-electron chi connectivity index (χ2n) is 5.60. The molecule has 0 aliphatic carbocycles. The van der Waals surface area contributed by atoms with Crippen LogP contribution in [0.25, 0.3) is 21.5 Å². The van der Waals surface area contributed by atoms with E-state index in [1.54, 1.807) is 0 Å². The van der Waals surface area contributed by atoms with Gasteiger partial charge in [0.25, 0.3) is 0 Å². The van der Waals surface area contributed by atoms with E-state index in [1.807, 2.05) is 13.8 Å². The molecule has 0 atom stereocenters. The summed E-state index contributed by atoms with van der Waals surface area (Å²) in [6, 6.07) is 13.1. The molecule has 0 spiro atoms. The lowest BCUT2D eigenvalue weighted by molar-refractivity contribution is 1.49. The Kier molecular flexibility index (Phi) is 3.62. The highest BCUT2D eigenvalue weighted by molar-refractivity contribution is 6.10. The molecule has 106 valence electrons. The van der Waals surface area contributed by atoms with Crippen molar-refractivity contribution in [3.05, 3.63) is 58.7 Å². The summed E-state index contributed by atoms with van der Waals surface area (Å²) in [5.41, 5.74) is 4.71. The van der Waals surface area contributed by atoms with Gasteiger partial charge in [0.15, 0.2) is 0 Å². The molecule has 0 saturated heterocycles. The molecular weight excluding hydrogens is 264 g/mol. The van der Waals surface area contributed by atoms with Gasteiger partial charge in [0.05, 0.1) is 0 Å². The van der Waals surface area contributed by atoms with Gasteiger partial charge in [-0.1, -0.05) is 59.4 Å². The molecule has 0 heterocycles. The summed E-state index contributed by atoms with van der Waals surface area (Å²) in [5.74, 6) is 12.8. The van der Waals surface area contributed by atoms with Gasteiger partial charge in [0, 0.05) is 11.1 Å². The molecular formula is C22H18. The first-order chi connectivity index (χ1) is 10.7. The first-order valence-corrected chi connectivity index (χ1v) is 7.48. The number of hydrogen-bond acceptors (Lipinski definition) is 0. The summed E-state index contributed by atoms with van der Waals surface area (Å²) in [6.07, 6.45) is 0. The number of fused-ring (bicyclic) bond motifs is 2. The van der Waals surface area contributed by atoms with Crippen molar-refractivity contribution in [1.29, 1.82) is 0 Å². The molecule has 0 amide bonds. The van der Waals surface area contributed by atoms with Crippen molar-refractivity contribution in [1.82, 2.24) is 0 Å². The Morgan fingerprint density at radius 2 is 1.00 bits per heavy atom. The largest absolute Gasteiger partial charge is 0.101 e. The molecule has 0 fully saturated rings. The third-order valence-electron chi connectivity index (χ3n) is 3.93. The highest BCUT2D eigenvalue weighted by Crippen LogP contribution is 2.33. The lowest BCUT2D eigenvalue weighted by atomic mass is 9.90. The predicted octanol–water partition coefficient (Wildman–Crippen LogP) is 5.35. The Morgan fingerprint density at radius 1 is 0.591 bits per heavy atom. The van der Waals surface area contributed by atoms with E-state index in [0.717, 1.165) is 11.1 Å². The monoisotopic (exact) mass is 282 g/mol. The molecule has 0 unspecified atom stereocenters. The average Bonchev–Trinajstić information content (AvgIpc) is 2.50. The van der Waals surface area contributed by atoms with Crippen LogP contribution in [-0.4, -0.2) is 0 Å². The molecule has 0 N–H and O–H groups in total. The van der Waals surface area contributed by atoms with Crippen LogP contribution in [0, 0.1) is 37.5 Å². The molecule has 0 bridgehead atoms. The van der Waals surface area contributed by atoms with E-state index in [4.69, 9.17) is 0 Å². The van der Waals surface area contributed by atoms with Crippen LogP contribution in [0.1, 0.15) is 36.1 Å². The van der Waals surface area contributed by atoms with Crippen LogP contribution in [-0.2, 0) is 0 Å². The number of hydrogen-bond donors (Lipinski definition) is 0. The number of rotatable bonds is 0. The maximum atomic E-state index is 3.31. The van der Waals surface area contributed by atoms with E-state index in [9.17, 15) is 0 Å². The molecule has 22 heavy (non-hydrogen) atoms.